The zero-order chi connectivity index (χ0) is 10.6. The van der Waals surface area contributed by atoms with Gasteiger partial charge >= 0.3 is 0 Å². The van der Waals surface area contributed by atoms with Gasteiger partial charge in [-0.25, -0.2) is 0 Å². The first kappa shape index (κ1) is 10.7. The van der Waals surface area contributed by atoms with E-state index < -0.39 is 0 Å². The van der Waals surface area contributed by atoms with E-state index in [1.54, 1.807) is 7.11 Å². The van der Waals surface area contributed by atoms with Gasteiger partial charge in [-0.2, -0.15) is 0 Å². The van der Waals surface area contributed by atoms with E-state index in [4.69, 9.17) is 10.5 Å². The largest absolute Gasteiger partial charge is 0.497 e. The van der Waals surface area contributed by atoms with Crippen molar-refractivity contribution < 1.29 is 4.74 Å². The molecule has 1 aromatic rings. The molecule has 3 nitrogen and oxygen atoms in total. The Morgan fingerprint density at radius 2 is 2.14 bits per heavy atom. The van der Waals surface area contributed by atoms with Crippen LogP contribution in [0.15, 0.2) is 18.2 Å². The van der Waals surface area contributed by atoms with Crippen LogP contribution in [0.4, 0.5) is 11.4 Å². The first-order chi connectivity index (χ1) is 6.63. The third-order valence-corrected chi connectivity index (χ3v) is 1.96. The van der Waals surface area contributed by atoms with E-state index in [2.05, 4.69) is 19.2 Å². The number of anilines is 2. The predicted octanol–water partition coefficient (Wildman–Crippen LogP) is 2.35. The van der Waals surface area contributed by atoms with Crippen LogP contribution in [-0.2, 0) is 0 Å². The molecule has 0 aliphatic heterocycles. The van der Waals surface area contributed by atoms with Crippen LogP contribution in [0.25, 0.3) is 0 Å². The van der Waals surface area contributed by atoms with Gasteiger partial charge in [-0.3, -0.25) is 0 Å². The summed E-state index contributed by atoms with van der Waals surface area (Å²) in [5, 5.41) is 3.28. The third kappa shape index (κ3) is 2.83. The lowest BCUT2D eigenvalue weighted by Crippen LogP contribution is -2.09. The van der Waals surface area contributed by atoms with E-state index in [0.717, 1.165) is 23.7 Å². The molecule has 0 saturated heterocycles. The van der Waals surface area contributed by atoms with Crippen LogP contribution in [0.1, 0.15) is 13.8 Å². The average Bonchev–Trinajstić information content (AvgIpc) is 2.16. The maximum absolute atomic E-state index is 5.81. The molecule has 1 aromatic carbocycles. The highest BCUT2D eigenvalue weighted by Crippen LogP contribution is 2.24. The Labute approximate surface area is 85.3 Å². The number of nitrogens with one attached hydrogen (secondary N) is 1. The fourth-order valence-electron chi connectivity index (χ4n) is 1.13. The number of nitrogen functional groups attached to an aromatic ring is 1. The van der Waals surface area contributed by atoms with Crippen molar-refractivity contribution in [3.63, 3.8) is 0 Å². The highest BCUT2D eigenvalue weighted by atomic mass is 16.5. The van der Waals surface area contributed by atoms with Gasteiger partial charge in [0.05, 0.1) is 18.5 Å². The van der Waals surface area contributed by atoms with Crippen molar-refractivity contribution in [3.8, 4) is 5.75 Å². The van der Waals surface area contributed by atoms with Crippen LogP contribution in [0.2, 0.25) is 0 Å². The molecular formula is C11H18N2O. The van der Waals surface area contributed by atoms with Gasteiger partial charge in [-0.1, -0.05) is 13.8 Å². The molecule has 0 aromatic heterocycles. The first-order valence-electron chi connectivity index (χ1n) is 4.81. The summed E-state index contributed by atoms with van der Waals surface area (Å²) >= 11 is 0. The highest BCUT2D eigenvalue weighted by molar-refractivity contribution is 5.68. The van der Waals surface area contributed by atoms with Crippen molar-refractivity contribution in [2.75, 3.05) is 24.7 Å². The van der Waals surface area contributed by atoms with Crippen LogP contribution >= 0.6 is 0 Å². The van der Waals surface area contributed by atoms with E-state index in [1.165, 1.54) is 0 Å². The summed E-state index contributed by atoms with van der Waals surface area (Å²) in [5.41, 5.74) is 7.51. The number of benzene rings is 1. The summed E-state index contributed by atoms with van der Waals surface area (Å²) in [6.45, 7) is 5.23. The third-order valence-electron chi connectivity index (χ3n) is 1.96. The number of rotatable bonds is 4. The van der Waals surface area contributed by atoms with Crippen LogP contribution in [0.3, 0.4) is 0 Å². The van der Waals surface area contributed by atoms with Gasteiger partial charge in [0.25, 0.3) is 0 Å². The number of methoxy groups -OCH3 is 1. The molecular weight excluding hydrogens is 176 g/mol. The second-order valence-electron chi connectivity index (χ2n) is 3.73. The van der Waals surface area contributed by atoms with Gasteiger partial charge in [0.1, 0.15) is 5.75 Å². The number of hydrogen-bond acceptors (Lipinski definition) is 3. The summed E-state index contributed by atoms with van der Waals surface area (Å²) in [5.74, 6) is 1.42. The number of nitrogens with two attached hydrogens (primary N) is 1. The monoisotopic (exact) mass is 194 g/mol. The molecule has 0 atom stereocenters. The predicted molar refractivity (Wildman–Crippen MR) is 60.7 cm³/mol. The van der Waals surface area contributed by atoms with E-state index in [-0.39, 0.29) is 0 Å². The molecule has 78 valence electrons. The molecule has 0 spiro atoms. The van der Waals surface area contributed by atoms with E-state index in [9.17, 15) is 0 Å². The van der Waals surface area contributed by atoms with Gasteiger partial charge in [0.15, 0.2) is 0 Å². The van der Waals surface area contributed by atoms with Gasteiger partial charge in [0.2, 0.25) is 0 Å². The maximum Gasteiger partial charge on any atom is 0.121 e. The highest BCUT2D eigenvalue weighted by Gasteiger charge is 2.01. The lowest BCUT2D eigenvalue weighted by atomic mass is 10.2. The smallest absolute Gasteiger partial charge is 0.121 e. The molecule has 0 fully saturated rings. The van der Waals surface area contributed by atoms with Crippen molar-refractivity contribution in [2.24, 2.45) is 5.92 Å². The summed E-state index contributed by atoms with van der Waals surface area (Å²) in [4.78, 5) is 0. The topological polar surface area (TPSA) is 47.3 Å². The lowest BCUT2D eigenvalue weighted by Gasteiger charge is -2.12. The molecule has 0 saturated carbocycles. The first-order valence-corrected chi connectivity index (χ1v) is 4.81. The quantitative estimate of drug-likeness (QED) is 0.723. The Balaban J connectivity index is 2.73. The number of ether oxygens (including phenoxy) is 1. The lowest BCUT2D eigenvalue weighted by molar-refractivity contribution is 0.415. The van der Waals surface area contributed by atoms with Gasteiger partial charge in [0, 0.05) is 12.6 Å². The Morgan fingerprint density at radius 1 is 1.43 bits per heavy atom. The minimum absolute atomic E-state index is 0.598. The van der Waals surface area contributed by atoms with Gasteiger partial charge in [-0.15, -0.1) is 0 Å². The van der Waals surface area contributed by atoms with E-state index >= 15 is 0 Å². The van der Waals surface area contributed by atoms with E-state index in [0.29, 0.717) is 5.92 Å². The second-order valence-corrected chi connectivity index (χ2v) is 3.73. The summed E-state index contributed by atoms with van der Waals surface area (Å²) in [7, 11) is 1.65. The van der Waals surface area contributed by atoms with E-state index in [1.807, 2.05) is 18.2 Å². The molecule has 1 rings (SSSR count). The SMILES string of the molecule is COc1ccc(N)c(NCC(C)C)c1. The van der Waals surface area contributed by atoms with Crippen LogP contribution in [-0.4, -0.2) is 13.7 Å². The van der Waals surface area contributed by atoms with Gasteiger partial charge < -0.3 is 15.8 Å². The zero-order valence-electron chi connectivity index (χ0n) is 9.00. The van der Waals surface area contributed by atoms with Crippen molar-refractivity contribution in [1.82, 2.24) is 0 Å². The molecule has 3 heteroatoms. The van der Waals surface area contributed by atoms with Gasteiger partial charge in [-0.05, 0) is 18.1 Å². The Bertz CT molecular complexity index is 297. The van der Waals surface area contributed by atoms with Crippen LogP contribution in [0, 0.1) is 5.92 Å². The van der Waals surface area contributed by atoms with Crippen LogP contribution in [0.5, 0.6) is 5.75 Å². The van der Waals surface area contributed by atoms with Crippen molar-refractivity contribution in [2.45, 2.75) is 13.8 Å². The minimum atomic E-state index is 0.598. The van der Waals surface area contributed by atoms with Crippen molar-refractivity contribution in [3.05, 3.63) is 18.2 Å². The molecule has 0 aliphatic carbocycles. The summed E-state index contributed by atoms with van der Waals surface area (Å²) in [6.07, 6.45) is 0. The molecule has 0 heterocycles. The Kier molecular flexibility index (Phi) is 3.63. The maximum atomic E-state index is 5.81. The number of hydrogen-bond donors (Lipinski definition) is 2. The average molecular weight is 194 g/mol. The molecule has 0 radical (unpaired) electrons. The van der Waals surface area contributed by atoms with Crippen molar-refractivity contribution >= 4 is 11.4 Å². The van der Waals surface area contributed by atoms with Crippen LogP contribution < -0.4 is 15.8 Å². The minimum Gasteiger partial charge on any atom is -0.497 e. The fourth-order valence-corrected chi connectivity index (χ4v) is 1.13. The second kappa shape index (κ2) is 4.74. The molecule has 14 heavy (non-hydrogen) atoms. The standard InChI is InChI=1S/C11H18N2O/c1-8(2)7-13-11-6-9(14-3)4-5-10(11)12/h4-6,8,13H,7,12H2,1-3H3. The molecule has 0 aliphatic rings. The fraction of sp³-hybridized carbons (Fsp3) is 0.455. The molecule has 0 bridgehead atoms. The molecule has 0 unspecified atom stereocenters. The molecule has 3 N–H and O–H groups in total. The zero-order valence-corrected chi connectivity index (χ0v) is 9.00. The summed E-state index contributed by atoms with van der Waals surface area (Å²) in [6, 6.07) is 5.62. The normalized spacial score (nSPS) is 10.3. The Hall–Kier alpha value is -1.38. The summed E-state index contributed by atoms with van der Waals surface area (Å²) < 4.78 is 5.12. The van der Waals surface area contributed by atoms with Crippen molar-refractivity contribution in [1.29, 1.82) is 0 Å². The molecule has 0 amide bonds. The Morgan fingerprint density at radius 3 is 2.71 bits per heavy atom.